The molecule has 0 saturated carbocycles. The number of H-pyrrole nitrogens is 1. The zero-order valence-electron chi connectivity index (χ0n) is 11.6. The van der Waals surface area contributed by atoms with Gasteiger partial charge >= 0.3 is 0 Å². The van der Waals surface area contributed by atoms with E-state index in [0.29, 0.717) is 19.0 Å². The van der Waals surface area contributed by atoms with Crippen molar-refractivity contribution >= 4 is 11.6 Å². The van der Waals surface area contributed by atoms with Crippen molar-refractivity contribution in [3.8, 4) is 0 Å². The maximum atomic E-state index is 12.3. The van der Waals surface area contributed by atoms with Crippen LogP contribution in [-0.2, 0) is 0 Å². The van der Waals surface area contributed by atoms with E-state index in [9.17, 15) is 14.9 Å². The maximum absolute atomic E-state index is 12.3. The van der Waals surface area contributed by atoms with Crippen LogP contribution in [0.15, 0.2) is 12.3 Å². The summed E-state index contributed by atoms with van der Waals surface area (Å²) in [6, 6.07) is 1.30. The van der Waals surface area contributed by atoms with Crippen molar-refractivity contribution < 1.29 is 9.72 Å². The Labute approximate surface area is 117 Å². The van der Waals surface area contributed by atoms with E-state index in [2.05, 4.69) is 10.3 Å². The standard InChI is InChI=1S/C13H20N4O3/c1-2-16(9-10-3-5-14-6-4-10)13(18)12-7-11(8-15-12)17(19)20/h7-8,10,14-15H,2-6,9H2,1H3. The first-order chi connectivity index (χ1) is 9.61. The topological polar surface area (TPSA) is 91.3 Å². The average Bonchev–Trinajstić information content (AvgIpc) is 2.95. The fraction of sp³-hybridized carbons (Fsp3) is 0.615. The lowest BCUT2D eigenvalue weighted by atomic mass is 9.97. The van der Waals surface area contributed by atoms with E-state index in [1.165, 1.54) is 12.3 Å². The number of nitro groups is 1. The van der Waals surface area contributed by atoms with E-state index in [4.69, 9.17) is 0 Å². The number of aromatic nitrogens is 1. The van der Waals surface area contributed by atoms with Gasteiger partial charge in [-0.15, -0.1) is 0 Å². The molecule has 2 N–H and O–H groups in total. The van der Waals surface area contributed by atoms with Crippen LogP contribution in [0, 0.1) is 16.0 Å². The fourth-order valence-electron chi connectivity index (χ4n) is 2.51. The van der Waals surface area contributed by atoms with Crippen LogP contribution < -0.4 is 5.32 Å². The molecule has 1 aromatic heterocycles. The highest BCUT2D eigenvalue weighted by Gasteiger charge is 2.23. The molecule has 2 heterocycles. The van der Waals surface area contributed by atoms with Gasteiger partial charge in [0.25, 0.3) is 11.6 Å². The number of piperidine rings is 1. The molecule has 0 unspecified atom stereocenters. The molecule has 0 atom stereocenters. The van der Waals surface area contributed by atoms with Crippen LogP contribution in [0.25, 0.3) is 0 Å². The monoisotopic (exact) mass is 280 g/mol. The quantitative estimate of drug-likeness (QED) is 0.629. The Hall–Kier alpha value is -1.89. The first-order valence-corrected chi connectivity index (χ1v) is 6.94. The molecule has 7 nitrogen and oxygen atoms in total. The van der Waals surface area contributed by atoms with Crippen LogP contribution in [0.5, 0.6) is 0 Å². The summed E-state index contributed by atoms with van der Waals surface area (Å²) < 4.78 is 0. The molecule has 1 fully saturated rings. The van der Waals surface area contributed by atoms with E-state index >= 15 is 0 Å². The number of hydrogen-bond acceptors (Lipinski definition) is 4. The first kappa shape index (κ1) is 14.5. The Morgan fingerprint density at radius 3 is 2.75 bits per heavy atom. The molecule has 1 aliphatic heterocycles. The van der Waals surface area contributed by atoms with Crippen LogP contribution >= 0.6 is 0 Å². The molecule has 1 amide bonds. The highest BCUT2D eigenvalue weighted by atomic mass is 16.6. The lowest BCUT2D eigenvalue weighted by Gasteiger charge is -2.29. The summed E-state index contributed by atoms with van der Waals surface area (Å²) >= 11 is 0. The van der Waals surface area contributed by atoms with E-state index in [1.807, 2.05) is 6.92 Å². The molecule has 110 valence electrons. The second-order valence-corrected chi connectivity index (χ2v) is 5.07. The van der Waals surface area contributed by atoms with Crippen LogP contribution in [0.3, 0.4) is 0 Å². The Bertz CT molecular complexity index is 480. The SMILES string of the molecule is CCN(CC1CCNCC1)C(=O)c1cc([N+](=O)[O-])c[nH]1. The highest BCUT2D eigenvalue weighted by Crippen LogP contribution is 2.17. The number of nitrogens with zero attached hydrogens (tertiary/aromatic N) is 2. The van der Waals surface area contributed by atoms with E-state index in [1.54, 1.807) is 4.90 Å². The van der Waals surface area contributed by atoms with Gasteiger partial charge in [0, 0.05) is 19.2 Å². The molecule has 1 aromatic rings. The molecule has 0 radical (unpaired) electrons. The second kappa shape index (κ2) is 6.51. The summed E-state index contributed by atoms with van der Waals surface area (Å²) in [6.45, 7) is 5.23. The Kier molecular flexibility index (Phi) is 4.73. The van der Waals surface area contributed by atoms with Crippen LogP contribution in [-0.4, -0.2) is 46.9 Å². The number of amides is 1. The van der Waals surface area contributed by atoms with Gasteiger partial charge in [0.1, 0.15) is 5.69 Å². The summed E-state index contributed by atoms with van der Waals surface area (Å²) in [4.78, 5) is 26.9. The smallest absolute Gasteiger partial charge is 0.287 e. The Morgan fingerprint density at radius 1 is 1.50 bits per heavy atom. The zero-order valence-corrected chi connectivity index (χ0v) is 11.6. The lowest BCUT2D eigenvalue weighted by molar-refractivity contribution is -0.384. The van der Waals surface area contributed by atoms with Gasteiger partial charge < -0.3 is 15.2 Å². The summed E-state index contributed by atoms with van der Waals surface area (Å²) in [5.74, 6) is 0.337. The number of nitrogens with one attached hydrogen (secondary N) is 2. The molecule has 1 aliphatic rings. The minimum atomic E-state index is -0.504. The summed E-state index contributed by atoms with van der Waals surface area (Å²) in [5.41, 5.74) is 0.207. The van der Waals surface area contributed by atoms with Crippen molar-refractivity contribution in [2.45, 2.75) is 19.8 Å². The predicted molar refractivity (Wildman–Crippen MR) is 74.6 cm³/mol. The summed E-state index contributed by atoms with van der Waals surface area (Å²) in [6.07, 6.45) is 3.38. The maximum Gasteiger partial charge on any atom is 0.287 e. The number of aromatic amines is 1. The molecular formula is C13H20N4O3. The summed E-state index contributed by atoms with van der Waals surface area (Å²) in [7, 11) is 0. The van der Waals surface area contributed by atoms with Crippen molar-refractivity contribution in [2.75, 3.05) is 26.2 Å². The molecule has 20 heavy (non-hydrogen) atoms. The van der Waals surface area contributed by atoms with Crippen molar-refractivity contribution in [2.24, 2.45) is 5.92 Å². The second-order valence-electron chi connectivity index (χ2n) is 5.07. The molecule has 7 heteroatoms. The Morgan fingerprint density at radius 2 is 2.20 bits per heavy atom. The Balaban J connectivity index is 2.01. The number of rotatable bonds is 5. The third-order valence-electron chi connectivity index (χ3n) is 3.72. The predicted octanol–water partition coefficient (Wildman–Crippen LogP) is 1.38. The van der Waals surface area contributed by atoms with Gasteiger partial charge in [0.15, 0.2) is 0 Å². The lowest BCUT2D eigenvalue weighted by Crippen LogP contribution is -2.39. The van der Waals surface area contributed by atoms with Gasteiger partial charge in [-0.05, 0) is 38.8 Å². The number of carbonyl (C=O) groups excluding carboxylic acids is 1. The molecule has 1 saturated heterocycles. The molecule has 2 rings (SSSR count). The van der Waals surface area contributed by atoms with Crippen LogP contribution in [0.1, 0.15) is 30.3 Å². The van der Waals surface area contributed by atoms with Gasteiger partial charge in [-0.1, -0.05) is 0 Å². The largest absolute Gasteiger partial charge is 0.351 e. The molecular weight excluding hydrogens is 260 g/mol. The van der Waals surface area contributed by atoms with Gasteiger partial charge in [-0.3, -0.25) is 14.9 Å². The minimum absolute atomic E-state index is 0.0775. The third kappa shape index (κ3) is 3.36. The van der Waals surface area contributed by atoms with Gasteiger partial charge in [0.05, 0.1) is 11.1 Å². The van der Waals surface area contributed by atoms with Gasteiger partial charge in [-0.2, -0.15) is 0 Å². The fourth-order valence-corrected chi connectivity index (χ4v) is 2.51. The van der Waals surface area contributed by atoms with E-state index in [-0.39, 0.29) is 17.3 Å². The van der Waals surface area contributed by atoms with Crippen LogP contribution in [0.4, 0.5) is 5.69 Å². The van der Waals surface area contributed by atoms with Gasteiger partial charge in [0.2, 0.25) is 0 Å². The van der Waals surface area contributed by atoms with Crippen molar-refractivity contribution in [1.29, 1.82) is 0 Å². The summed E-state index contributed by atoms with van der Waals surface area (Å²) in [5, 5.41) is 13.9. The van der Waals surface area contributed by atoms with Crippen molar-refractivity contribution in [1.82, 2.24) is 15.2 Å². The number of hydrogen-bond donors (Lipinski definition) is 2. The average molecular weight is 280 g/mol. The van der Waals surface area contributed by atoms with Crippen molar-refractivity contribution in [3.63, 3.8) is 0 Å². The molecule has 0 spiro atoms. The molecule has 0 aliphatic carbocycles. The molecule has 0 aromatic carbocycles. The number of carbonyl (C=O) groups is 1. The normalized spacial score (nSPS) is 16.1. The zero-order chi connectivity index (χ0) is 14.5. The first-order valence-electron chi connectivity index (χ1n) is 6.94. The van der Waals surface area contributed by atoms with E-state index < -0.39 is 4.92 Å². The highest BCUT2D eigenvalue weighted by molar-refractivity contribution is 5.93. The van der Waals surface area contributed by atoms with Crippen molar-refractivity contribution in [3.05, 3.63) is 28.1 Å². The van der Waals surface area contributed by atoms with Crippen LogP contribution in [0.2, 0.25) is 0 Å². The van der Waals surface area contributed by atoms with E-state index in [0.717, 1.165) is 25.9 Å². The molecule has 0 bridgehead atoms. The third-order valence-corrected chi connectivity index (χ3v) is 3.72. The minimum Gasteiger partial charge on any atom is -0.351 e. The van der Waals surface area contributed by atoms with Gasteiger partial charge in [-0.25, -0.2) is 0 Å².